The van der Waals surface area contributed by atoms with E-state index < -0.39 is 17.6 Å². The van der Waals surface area contributed by atoms with Gasteiger partial charge in [-0.05, 0) is 55.0 Å². The lowest BCUT2D eigenvalue weighted by Gasteiger charge is -2.19. The molecule has 8 heteroatoms. The van der Waals surface area contributed by atoms with Crippen molar-refractivity contribution in [2.75, 3.05) is 10.6 Å². The number of hydrogen-bond acceptors (Lipinski definition) is 3. The van der Waals surface area contributed by atoms with Gasteiger partial charge in [0, 0.05) is 10.4 Å². The van der Waals surface area contributed by atoms with Crippen molar-refractivity contribution in [3.05, 3.63) is 81.7 Å². The smallest absolute Gasteiger partial charge is 0.321 e. The van der Waals surface area contributed by atoms with Crippen molar-refractivity contribution in [1.29, 1.82) is 0 Å². The molecule has 0 aliphatic heterocycles. The zero-order valence-electron chi connectivity index (χ0n) is 17.3. The van der Waals surface area contributed by atoms with Crippen LogP contribution in [0.4, 0.5) is 23.9 Å². The maximum absolute atomic E-state index is 13.4. The minimum absolute atomic E-state index is 0.248. The molecule has 166 valence electrons. The normalized spacial score (nSPS) is 15.7. The quantitative estimate of drug-likeness (QED) is 0.476. The minimum atomic E-state index is -4.60. The molecule has 0 bridgehead atoms. The zero-order valence-corrected chi connectivity index (χ0v) is 18.1. The van der Waals surface area contributed by atoms with Gasteiger partial charge in [0.2, 0.25) is 0 Å². The average molecular weight is 459 g/mol. The van der Waals surface area contributed by atoms with Crippen molar-refractivity contribution in [1.82, 2.24) is 0 Å². The van der Waals surface area contributed by atoms with Crippen LogP contribution >= 0.6 is 11.3 Å². The topological polar surface area (TPSA) is 58.2 Å². The fourth-order valence-electron chi connectivity index (χ4n) is 3.87. The van der Waals surface area contributed by atoms with Crippen molar-refractivity contribution in [3.8, 4) is 0 Å². The van der Waals surface area contributed by atoms with Crippen molar-refractivity contribution in [2.45, 2.75) is 32.4 Å². The van der Waals surface area contributed by atoms with E-state index in [2.05, 4.69) is 17.6 Å². The molecule has 2 N–H and O–H groups in total. The largest absolute Gasteiger partial charge is 0.418 e. The third-order valence-corrected chi connectivity index (χ3v) is 6.65. The molecule has 1 unspecified atom stereocenters. The minimum Gasteiger partial charge on any atom is -0.321 e. The molecule has 0 saturated carbocycles. The highest BCUT2D eigenvalue weighted by molar-refractivity contribution is 7.17. The van der Waals surface area contributed by atoms with Crippen molar-refractivity contribution >= 4 is 33.8 Å². The van der Waals surface area contributed by atoms with Crippen molar-refractivity contribution in [2.24, 2.45) is 5.92 Å². The van der Waals surface area contributed by atoms with Crippen LogP contribution in [-0.2, 0) is 19.0 Å². The maximum atomic E-state index is 13.4. The molecule has 32 heavy (non-hydrogen) atoms. The molecule has 1 aliphatic rings. The predicted octanol–water partition coefficient (Wildman–Crippen LogP) is 6.40. The van der Waals surface area contributed by atoms with Crippen LogP contribution in [0, 0.1) is 5.92 Å². The molecule has 1 aliphatic carbocycles. The van der Waals surface area contributed by atoms with Gasteiger partial charge in [-0.1, -0.05) is 37.3 Å². The van der Waals surface area contributed by atoms with Crippen molar-refractivity contribution < 1.29 is 22.8 Å². The third-order valence-electron chi connectivity index (χ3n) is 5.48. The van der Waals surface area contributed by atoms with Gasteiger partial charge < -0.3 is 10.6 Å². The number of para-hydroxylation sites is 1. The molecule has 0 saturated heterocycles. The summed E-state index contributed by atoms with van der Waals surface area (Å²) in [5, 5.41) is 5.60. The van der Waals surface area contributed by atoms with Crippen LogP contribution in [0.3, 0.4) is 0 Å². The first-order chi connectivity index (χ1) is 15.2. The number of thiophene rings is 1. The molecular formula is C24H21F3N2O2S. The first-order valence-corrected chi connectivity index (χ1v) is 11.0. The summed E-state index contributed by atoms with van der Waals surface area (Å²) in [7, 11) is 0. The number of halogens is 3. The number of alkyl halides is 3. The zero-order chi connectivity index (χ0) is 22.9. The van der Waals surface area contributed by atoms with Crippen LogP contribution < -0.4 is 10.6 Å². The monoisotopic (exact) mass is 458 g/mol. The molecule has 1 atom stereocenters. The van der Waals surface area contributed by atoms with Gasteiger partial charge in [-0.15, -0.1) is 11.3 Å². The summed E-state index contributed by atoms with van der Waals surface area (Å²) in [6.07, 6.45) is -2.33. The first kappa shape index (κ1) is 22.1. The molecule has 1 aromatic heterocycles. The standard InChI is InChI=1S/C24H21F3N2O2S/c1-14-11-12-16-19(13-14)32-23(29-21(30)15-7-3-2-4-8-15)20(16)22(31)28-18-10-6-5-9-17(18)24(25,26)27/h2-10,14H,11-13H2,1H3,(H,28,31)(H,29,30). The lowest BCUT2D eigenvalue weighted by molar-refractivity contribution is -0.136. The fraction of sp³-hybridized carbons (Fsp3) is 0.250. The molecule has 4 rings (SSSR count). The Balaban J connectivity index is 1.70. The number of benzene rings is 2. The highest BCUT2D eigenvalue weighted by Crippen LogP contribution is 2.41. The van der Waals surface area contributed by atoms with Gasteiger partial charge in [0.15, 0.2) is 0 Å². The molecule has 3 aromatic rings. The SMILES string of the molecule is CC1CCc2c(sc(NC(=O)c3ccccc3)c2C(=O)Nc2ccccc2C(F)(F)F)C1. The second-order valence-corrected chi connectivity index (χ2v) is 8.98. The summed E-state index contributed by atoms with van der Waals surface area (Å²) in [6.45, 7) is 2.12. The lowest BCUT2D eigenvalue weighted by Crippen LogP contribution is -2.21. The summed E-state index contributed by atoms with van der Waals surface area (Å²) < 4.78 is 40.2. The van der Waals surface area contributed by atoms with E-state index in [0.29, 0.717) is 22.9 Å². The molecule has 4 nitrogen and oxygen atoms in total. The maximum Gasteiger partial charge on any atom is 0.418 e. The van der Waals surface area contributed by atoms with E-state index in [1.807, 2.05) is 0 Å². The van der Waals surface area contributed by atoms with Gasteiger partial charge in [0.25, 0.3) is 11.8 Å². The number of rotatable bonds is 4. The second-order valence-electron chi connectivity index (χ2n) is 7.87. The van der Waals surface area contributed by atoms with Crippen LogP contribution in [0.25, 0.3) is 0 Å². The van der Waals surface area contributed by atoms with Gasteiger partial charge in [0.05, 0.1) is 16.8 Å². The Bertz CT molecular complexity index is 1160. The van der Waals surface area contributed by atoms with Crippen LogP contribution in [-0.4, -0.2) is 11.8 Å². The Morgan fingerprint density at radius 3 is 2.38 bits per heavy atom. The number of fused-ring (bicyclic) bond motifs is 1. The molecule has 0 spiro atoms. The first-order valence-electron chi connectivity index (χ1n) is 10.2. The summed E-state index contributed by atoms with van der Waals surface area (Å²) in [5.41, 5.74) is 0.257. The second kappa shape index (κ2) is 8.78. The lowest BCUT2D eigenvalue weighted by atomic mass is 9.88. The predicted molar refractivity (Wildman–Crippen MR) is 119 cm³/mol. The number of nitrogens with one attached hydrogen (secondary N) is 2. The van der Waals surface area contributed by atoms with Crippen LogP contribution in [0.2, 0.25) is 0 Å². The Kier molecular flexibility index (Phi) is 6.06. The van der Waals surface area contributed by atoms with E-state index >= 15 is 0 Å². The van der Waals surface area contributed by atoms with Gasteiger partial charge in [-0.25, -0.2) is 0 Å². The number of carbonyl (C=O) groups excluding carboxylic acids is 2. The van der Waals surface area contributed by atoms with Gasteiger partial charge in [-0.2, -0.15) is 13.2 Å². The van der Waals surface area contributed by atoms with Gasteiger partial charge in [0.1, 0.15) is 5.00 Å². The van der Waals surface area contributed by atoms with Crippen LogP contribution in [0.5, 0.6) is 0 Å². The molecule has 2 aromatic carbocycles. The molecule has 0 fully saturated rings. The van der Waals surface area contributed by atoms with E-state index in [-0.39, 0.29) is 17.2 Å². The van der Waals surface area contributed by atoms with E-state index in [4.69, 9.17) is 0 Å². The number of amides is 2. The third kappa shape index (κ3) is 4.55. The van der Waals surface area contributed by atoms with Crippen LogP contribution in [0.15, 0.2) is 54.6 Å². The molecular weight excluding hydrogens is 437 g/mol. The highest BCUT2D eigenvalue weighted by atomic mass is 32.1. The summed E-state index contributed by atoms with van der Waals surface area (Å²) in [6, 6.07) is 13.4. The Labute approximate surface area is 187 Å². The number of anilines is 2. The number of carbonyl (C=O) groups is 2. The van der Waals surface area contributed by atoms with Gasteiger partial charge >= 0.3 is 6.18 Å². The number of hydrogen-bond donors (Lipinski definition) is 2. The Hall–Kier alpha value is -3.13. The molecule has 1 heterocycles. The van der Waals surface area contributed by atoms with Crippen molar-refractivity contribution in [3.63, 3.8) is 0 Å². The van der Waals surface area contributed by atoms with E-state index in [0.717, 1.165) is 29.3 Å². The average Bonchev–Trinajstić information content (AvgIpc) is 3.10. The van der Waals surface area contributed by atoms with E-state index in [1.165, 1.54) is 29.5 Å². The Morgan fingerprint density at radius 2 is 1.66 bits per heavy atom. The molecule has 2 amide bonds. The summed E-state index contributed by atoms with van der Waals surface area (Å²) in [5.74, 6) is -0.597. The van der Waals surface area contributed by atoms with Gasteiger partial charge in [-0.3, -0.25) is 9.59 Å². The summed E-state index contributed by atoms with van der Waals surface area (Å²) >= 11 is 1.32. The van der Waals surface area contributed by atoms with E-state index in [1.54, 1.807) is 30.3 Å². The Morgan fingerprint density at radius 1 is 0.969 bits per heavy atom. The fourth-order valence-corrected chi connectivity index (χ4v) is 5.27. The summed E-state index contributed by atoms with van der Waals surface area (Å²) in [4.78, 5) is 26.9. The highest BCUT2D eigenvalue weighted by Gasteiger charge is 2.35. The van der Waals surface area contributed by atoms with E-state index in [9.17, 15) is 22.8 Å². The molecule has 0 radical (unpaired) electrons. The van der Waals surface area contributed by atoms with Crippen LogP contribution in [0.1, 0.15) is 50.1 Å².